The molecule has 0 saturated carbocycles. The maximum Gasteiger partial charge on any atom is 0.344 e. The summed E-state index contributed by atoms with van der Waals surface area (Å²) in [6.45, 7) is 5.07. The molecule has 0 aliphatic carbocycles. The van der Waals surface area contributed by atoms with Crippen LogP contribution in [0.5, 0.6) is 11.5 Å². The third kappa shape index (κ3) is 5.39. The molecule has 0 atom stereocenters. The number of cyclic esters (lactones) is 1. The van der Waals surface area contributed by atoms with Crippen LogP contribution in [-0.2, 0) is 11.3 Å². The number of hydrogen-bond acceptors (Lipinski definition) is 6. The highest BCUT2D eigenvalue weighted by atomic mass is 16.5. The number of rotatable bonds is 10. The number of fused-ring (bicyclic) bond motifs is 1. The van der Waals surface area contributed by atoms with Gasteiger partial charge in [-0.15, -0.1) is 0 Å². The maximum atomic E-state index is 12.2. The highest BCUT2D eigenvalue weighted by Gasteiger charge is 2.28. The van der Waals surface area contributed by atoms with Crippen LogP contribution in [0.3, 0.4) is 0 Å². The fourth-order valence-corrected chi connectivity index (χ4v) is 3.67. The third-order valence-corrected chi connectivity index (χ3v) is 5.53. The van der Waals surface area contributed by atoms with Crippen LogP contribution in [0.1, 0.15) is 41.3 Å². The number of nitrogens with zero attached hydrogens (tertiary/aromatic N) is 2. The van der Waals surface area contributed by atoms with Crippen LogP contribution in [-0.4, -0.2) is 52.3 Å². The van der Waals surface area contributed by atoms with Crippen LogP contribution < -0.4 is 14.4 Å². The predicted molar refractivity (Wildman–Crippen MR) is 124 cm³/mol. The summed E-state index contributed by atoms with van der Waals surface area (Å²) in [5.74, 6) is 1.36. The predicted octanol–water partition coefficient (Wildman–Crippen LogP) is 4.58. The second kappa shape index (κ2) is 10.4. The largest absolute Gasteiger partial charge is 0.493 e. The van der Waals surface area contributed by atoms with Crippen LogP contribution in [0.2, 0.25) is 0 Å². The van der Waals surface area contributed by atoms with E-state index in [1.807, 2.05) is 6.08 Å². The molecule has 0 amide bonds. The van der Waals surface area contributed by atoms with E-state index in [2.05, 4.69) is 55.1 Å². The lowest BCUT2D eigenvalue weighted by Crippen LogP contribution is -2.24. The number of methoxy groups -OCH3 is 2. The topological polar surface area (TPSA) is 51.2 Å². The van der Waals surface area contributed by atoms with Gasteiger partial charge in [0, 0.05) is 31.9 Å². The molecule has 0 saturated heterocycles. The second-order valence-corrected chi connectivity index (χ2v) is 7.78. The molecular formula is C25H32N2O4. The van der Waals surface area contributed by atoms with Gasteiger partial charge in [-0.1, -0.05) is 19.1 Å². The highest BCUT2D eigenvalue weighted by molar-refractivity contribution is 6.03. The minimum Gasteiger partial charge on any atom is -0.493 e. The van der Waals surface area contributed by atoms with Gasteiger partial charge in [0.1, 0.15) is 5.76 Å². The van der Waals surface area contributed by atoms with Crippen LogP contribution in [0.15, 0.2) is 42.5 Å². The Balaban J connectivity index is 1.59. The lowest BCUT2D eigenvalue weighted by molar-refractivity contribution is 0.0715. The maximum absolute atomic E-state index is 12.2. The Labute approximate surface area is 185 Å². The Bertz CT molecular complexity index is 935. The molecule has 0 radical (unpaired) electrons. The molecule has 0 spiro atoms. The van der Waals surface area contributed by atoms with Crippen molar-refractivity contribution in [2.75, 3.05) is 46.3 Å². The molecule has 166 valence electrons. The number of benzene rings is 2. The zero-order chi connectivity index (χ0) is 22.4. The van der Waals surface area contributed by atoms with E-state index in [1.54, 1.807) is 26.4 Å². The van der Waals surface area contributed by atoms with Gasteiger partial charge in [0.25, 0.3) is 0 Å². The van der Waals surface area contributed by atoms with Gasteiger partial charge in [-0.2, -0.15) is 0 Å². The summed E-state index contributed by atoms with van der Waals surface area (Å²) in [5, 5.41) is 0. The minimum atomic E-state index is -0.349. The number of anilines is 1. The number of carbonyl (C=O) groups excluding carboxylic acids is 1. The van der Waals surface area contributed by atoms with Gasteiger partial charge < -0.3 is 19.1 Å². The van der Waals surface area contributed by atoms with Crippen molar-refractivity contribution >= 4 is 17.4 Å². The van der Waals surface area contributed by atoms with Gasteiger partial charge >= 0.3 is 5.97 Å². The van der Waals surface area contributed by atoms with Crippen molar-refractivity contribution in [3.8, 4) is 11.5 Å². The van der Waals surface area contributed by atoms with E-state index in [4.69, 9.17) is 14.2 Å². The summed E-state index contributed by atoms with van der Waals surface area (Å²) in [5.41, 5.74) is 3.79. The summed E-state index contributed by atoms with van der Waals surface area (Å²) in [6.07, 6.45) is 3.80. The van der Waals surface area contributed by atoms with E-state index >= 15 is 0 Å². The highest BCUT2D eigenvalue weighted by Crippen LogP contribution is 2.38. The molecule has 2 aromatic rings. The molecule has 0 N–H and O–H groups in total. The Morgan fingerprint density at radius 2 is 1.65 bits per heavy atom. The lowest BCUT2D eigenvalue weighted by atomic mass is 10.1. The molecule has 0 bridgehead atoms. The van der Waals surface area contributed by atoms with E-state index in [-0.39, 0.29) is 5.97 Å². The Kier molecular flexibility index (Phi) is 7.58. The third-order valence-electron chi connectivity index (χ3n) is 5.53. The first-order valence-electron chi connectivity index (χ1n) is 10.6. The Morgan fingerprint density at radius 3 is 2.23 bits per heavy atom. The fraction of sp³-hybridized carbons (Fsp3) is 0.400. The van der Waals surface area contributed by atoms with E-state index in [9.17, 15) is 4.79 Å². The van der Waals surface area contributed by atoms with E-state index in [1.165, 1.54) is 11.3 Å². The van der Waals surface area contributed by atoms with Gasteiger partial charge in [0.2, 0.25) is 0 Å². The first-order valence-corrected chi connectivity index (χ1v) is 10.6. The van der Waals surface area contributed by atoms with Crippen molar-refractivity contribution in [3.63, 3.8) is 0 Å². The van der Waals surface area contributed by atoms with Crippen LogP contribution in [0, 0.1) is 0 Å². The molecule has 6 nitrogen and oxygen atoms in total. The molecule has 1 aliphatic heterocycles. The molecule has 1 heterocycles. The molecule has 0 aromatic heterocycles. The first kappa shape index (κ1) is 22.7. The number of hydrogen-bond donors (Lipinski definition) is 0. The number of esters is 1. The quantitative estimate of drug-likeness (QED) is 0.411. The molecule has 3 rings (SSSR count). The monoisotopic (exact) mass is 424 g/mol. The molecular weight excluding hydrogens is 392 g/mol. The Hall–Kier alpha value is -2.99. The minimum absolute atomic E-state index is 0.349. The van der Waals surface area contributed by atoms with Gasteiger partial charge in [-0.05, 0) is 61.8 Å². The standard InChI is InChI=1S/C25H32N2O4/c1-6-27(17-18-10-12-19(13-11-18)26(2)3)14-8-7-9-22-20-15-23(29-4)24(30-5)16-21(20)25(28)31-22/h9-13,15-16H,6-8,14,17H2,1-5H3/b22-9-. The van der Waals surface area contributed by atoms with Gasteiger partial charge in [-0.25, -0.2) is 4.79 Å². The van der Waals surface area contributed by atoms with E-state index in [0.29, 0.717) is 22.8 Å². The molecule has 6 heteroatoms. The van der Waals surface area contributed by atoms with Crippen LogP contribution in [0.4, 0.5) is 5.69 Å². The van der Waals surface area contributed by atoms with Gasteiger partial charge in [0.05, 0.1) is 19.8 Å². The van der Waals surface area contributed by atoms with E-state index < -0.39 is 0 Å². The summed E-state index contributed by atoms with van der Waals surface area (Å²) in [6, 6.07) is 12.2. The molecule has 0 fully saturated rings. The Morgan fingerprint density at radius 1 is 1.00 bits per heavy atom. The van der Waals surface area contributed by atoms with Crippen LogP contribution >= 0.6 is 0 Å². The molecule has 2 aromatic carbocycles. The summed E-state index contributed by atoms with van der Waals surface area (Å²) in [7, 11) is 7.24. The van der Waals surface area contributed by atoms with E-state index in [0.717, 1.165) is 38.0 Å². The fourth-order valence-electron chi connectivity index (χ4n) is 3.67. The average molecular weight is 425 g/mol. The molecule has 31 heavy (non-hydrogen) atoms. The summed E-state index contributed by atoms with van der Waals surface area (Å²) < 4.78 is 16.1. The van der Waals surface area contributed by atoms with Crippen molar-refractivity contribution in [2.24, 2.45) is 0 Å². The number of ether oxygens (including phenoxy) is 3. The zero-order valence-corrected chi connectivity index (χ0v) is 19.1. The zero-order valence-electron chi connectivity index (χ0n) is 19.1. The second-order valence-electron chi connectivity index (χ2n) is 7.78. The number of allylic oxidation sites excluding steroid dienone is 1. The number of carbonyl (C=O) groups is 1. The SMILES string of the molecule is CCN(CCC/C=C1\OC(=O)c2cc(OC)c(OC)cc21)Cc1ccc(N(C)C)cc1. The average Bonchev–Trinajstić information content (AvgIpc) is 3.09. The molecule has 1 aliphatic rings. The van der Waals surface area contributed by atoms with Gasteiger partial charge in [-0.3, -0.25) is 4.90 Å². The first-order chi connectivity index (χ1) is 15.0. The van der Waals surface area contributed by atoms with Gasteiger partial charge in [0.15, 0.2) is 11.5 Å². The smallest absolute Gasteiger partial charge is 0.344 e. The summed E-state index contributed by atoms with van der Waals surface area (Å²) in [4.78, 5) is 16.8. The van der Waals surface area contributed by atoms with Crippen molar-refractivity contribution in [3.05, 3.63) is 59.2 Å². The van der Waals surface area contributed by atoms with Crippen molar-refractivity contribution < 1.29 is 19.0 Å². The van der Waals surface area contributed by atoms with Crippen molar-refractivity contribution in [1.29, 1.82) is 0 Å². The van der Waals surface area contributed by atoms with Crippen molar-refractivity contribution in [2.45, 2.75) is 26.3 Å². The van der Waals surface area contributed by atoms with Crippen molar-refractivity contribution in [1.82, 2.24) is 4.90 Å². The lowest BCUT2D eigenvalue weighted by Gasteiger charge is -2.21. The number of unbranched alkanes of at least 4 members (excludes halogenated alkanes) is 1. The van der Waals surface area contributed by atoms with Crippen LogP contribution in [0.25, 0.3) is 5.76 Å². The summed E-state index contributed by atoms with van der Waals surface area (Å²) >= 11 is 0. The normalized spacial score (nSPS) is 14.0. The molecule has 0 unspecified atom stereocenters.